The highest BCUT2D eigenvalue weighted by Gasteiger charge is 2.34. The van der Waals surface area contributed by atoms with Crippen LogP contribution in [0.2, 0.25) is 0 Å². The van der Waals surface area contributed by atoms with E-state index in [1.807, 2.05) is 0 Å². The number of hydrogen-bond acceptors (Lipinski definition) is 6. The highest BCUT2D eigenvalue weighted by Crippen LogP contribution is 2.28. The van der Waals surface area contributed by atoms with Gasteiger partial charge in [-0.25, -0.2) is 0 Å². The van der Waals surface area contributed by atoms with Crippen LogP contribution in [0.3, 0.4) is 0 Å². The second-order valence-electron chi connectivity index (χ2n) is 4.84. The molecule has 1 aromatic heterocycles. The van der Waals surface area contributed by atoms with Crippen LogP contribution in [-0.4, -0.2) is 33.5 Å². The van der Waals surface area contributed by atoms with Crippen molar-refractivity contribution >= 4 is 5.82 Å². The summed E-state index contributed by atoms with van der Waals surface area (Å²) in [7, 11) is 0. The van der Waals surface area contributed by atoms with Crippen LogP contribution < -0.4 is 14.2 Å². The van der Waals surface area contributed by atoms with E-state index in [4.69, 9.17) is 9.47 Å². The third kappa shape index (κ3) is 3.50. The molecule has 128 valence electrons. The Morgan fingerprint density at radius 2 is 2.00 bits per heavy atom. The van der Waals surface area contributed by atoms with E-state index >= 15 is 0 Å². The number of alkyl halides is 3. The Labute approximate surface area is 132 Å². The summed E-state index contributed by atoms with van der Waals surface area (Å²) in [5.74, 6) is -0.226. The Balaban J connectivity index is 1.55. The Bertz CT molecular complexity index is 744. The molecule has 0 bridgehead atoms. The molecule has 0 amide bonds. The molecule has 0 spiro atoms. The van der Waals surface area contributed by atoms with Gasteiger partial charge in [0.25, 0.3) is 0 Å². The molecule has 1 aromatic carbocycles. The molecule has 3 rings (SSSR count). The Hall–Kier alpha value is -2.98. The van der Waals surface area contributed by atoms with Gasteiger partial charge in [0.15, 0.2) is 6.10 Å². The van der Waals surface area contributed by atoms with Gasteiger partial charge in [0, 0.05) is 0 Å². The largest absolute Gasteiger partial charge is 0.573 e. The molecule has 2 aromatic rings. The molecule has 1 aliphatic heterocycles. The maximum Gasteiger partial charge on any atom is 0.573 e. The fourth-order valence-electron chi connectivity index (χ4n) is 2.17. The van der Waals surface area contributed by atoms with E-state index in [-0.39, 0.29) is 30.7 Å². The molecular weight excluding hydrogens is 335 g/mol. The van der Waals surface area contributed by atoms with E-state index in [1.165, 1.54) is 16.7 Å². The summed E-state index contributed by atoms with van der Waals surface area (Å²) in [5, 5.41) is 10.8. The van der Waals surface area contributed by atoms with Gasteiger partial charge in [-0.3, -0.25) is 0 Å². The maximum atomic E-state index is 12.1. The minimum atomic E-state index is -4.75. The number of hydrogen-bond donors (Lipinski definition) is 0. The first-order valence-electron chi connectivity index (χ1n) is 6.67. The summed E-state index contributed by atoms with van der Waals surface area (Å²) in [6.45, 7) is 0.251. The van der Waals surface area contributed by atoms with E-state index < -0.39 is 17.4 Å². The van der Waals surface area contributed by atoms with Crippen molar-refractivity contribution in [3.8, 4) is 17.5 Å². The Morgan fingerprint density at radius 1 is 1.33 bits per heavy atom. The zero-order valence-corrected chi connectivity index (χ0v) is 11.9. The molecule has 8 nitrogen and oxygen atoms in total. The van der Waals surface area contributed by atoms with Gasteiger partial charge in [-0.2, -0.15) is 9.55 Å². The molecule has 0 unspecified atom stereocenters. The van der Waals surface area contributed by atoms with E-state index in [0.717, 1.165) is 18.3 Å². The number of aromatic nitrogens is 2. The Morgan fingerprint density at radius 3 is 2.62 bits per heavy atom. The lowest BCUT2D eigenvalue weighted by molar-refractivity contribution is -0.392. The lowest BCUT2D eigenvalue weighted by Crippen LogP contribution is -2.23. The van der Waals surface area contributed by atoms with Crippen LogP contribution in [-0.2, 0) is 6.54 Å². The van der Waals surface area contributed by atoms with E-state index in [1.54, 1.807) is 0 Å². The SMILES string of the molecule is O=[N+]([O-])c1cnc2n1C[C@@H](COc1ccc(OC(F)(F)F)cc1)O2. The highest BCUT2D eigenvalue weighted by atomic mass is 19.4. The number of rotatable bonds is 5. The smallest absolute Gasteiger partial charge is 0.490 e. The molecular formula is C13H10F3N3O5. The summed E-state index contributed by atoms with van der Waals surface area (Å²) in [6, 6.07) is 5.00. The van der Waals surface area contributed by atoms with Gasteiger partial charge < -0.3 is 24.3 Å². The maximum absolute atomic E-state index is 12.1. The lowest BCUT2D eigenvalue weighted by atomic mass is 10.3. The van der Waals surface area contributed by atoms with Crippen LogP contribution in [0, 0.1) is 10.1 Å². The number of benzene rings is 1. The first kappa shape index (κ1) is 15.9. The average Bonchev–Trinajstić information content (AvgIpc) is 3.04. The van der Waals surface area contributed by atoms with Crippen LogP contribution in [0.15, 0.2) is 30.5 Å². The van der Waals surface area contributed by atoms with Crippen molar-refractivity contribution in [1.82, 2.24) is 9.55 Å². The van der Waals surface area contributed by atoms with Crippen molar-refractivity contribution in [3.63, 3.8) is 0 Å². The Kier molecular flexibility index (Phi) is 3.91. The van der Waals surface area contributed by atoms with E-state index in [9.17, 15) is 23.3 Å². The standard InChI is InChI=1S/C13H10F3N3O5/c14-13(15,16)24-9-3-1-8(2-4-9)22-7-10-6-18-11(19(20)21)5-17-12(18)23-10/h1-5,10H,6-7H2/t10-/m0/s1. The van der Waals surface area contributed by atoms with Gasteiger partial charge in [-0.05, 0) is 29.2 Å². The molecule has 0 N–H and O–H groups in total. The summed E-state index contributed by atoms with van der Waals surface area (Å²) in [5.41, 5.74) is 0. The molecule has 0 saturated carbocycles. The van der Waals surface area contributed by atoms with Crippen molar-refractivity contribution in [3.05, 3.63) is 40.6 Å². The van der Waals surface area contributed by atoms with Crippen molar-refractivity contribution in [1.29, 1.82) is 0 Å². The van der Waals surface area contributed by atoms with Crippen LogP contribution in [0.1, 0.15) is 0 Å². The topological polar surface area (TPSA) is 88.7 Å². The van der Waals surface area contributed by atoms with Crippen LogP contribution >= 0.6 is 0 Å². The van der Waals surface area contributed by atoms with Gasteiger partial charge in [0.1, 0.15) is 30.8 Å². The third-order valence-corrected chi connectivity index (χ3v) is 3.14. The normalized spacial score (nSPS) is 16.4. The fraction of sp³-hybridized carbons (Fsp3) is 0.308. The third-order valence-electron chi connectivity index (χ3n) is 3.14. The first-order valence-corrected chi connectivity index (χ1v) is 6.67. The van der Waals surface area contributed by atoms with Gasteiger partial charge in [-0.15, -0.1) is 13.2 Å². The lowest BCUT2D eigenvalue weighted by Gasteiger charge is -2.12. The number of imidazole rings is 1. The minimum Gasteiger partial charge on any atom is -0.490 e. The zero-order chi connectivity index (χ0) is 17.3. The van der Waals surface area contributed by atoms with Gasteiger partial charge in [0.05, 0.1) is 0 Å². The van der Waals surface area contributed by atoms with Crippen molar-refractivity contribution in [2.45, 2.75) is 19.0 Å². The predicted molar refractivity (Wildman–Crippen MR) is 71.9 cm³/mol. The average molecular weight is 345 g/mol. The van der Waals surface area contributed by atoms with E-state index in [2.05, 4.69) is 9.72 Å². The molecule has 0 radical (unpaired) electrons. The predicted octanol–water partition coefficient (Wildman–Crippen LogP) is 2.53. The fourth-order valence-corrected chi connectivity index (χ4v) is 2.17. The summed E-state index contributed by atoms with van der Waals surface area (Å²) >= 11 is 0. The second-order valence-corrected chi connectivity index (χ2v) is 4.84. The van der Waals surface area contributed by atoms with E-state index in [0.29, 0.717) is 5.75 Å². The van der Waals surface area contributed by atoms with Crippen LogP contribution in [0.4, 0.5) is 19.0 Å². The summed E-state index contributed by atoms with van der Waals surface area (Å²) < 4.78 is 52.0. The van der Waals surface area contributed by atoms with Gasteiger partial charge in [0.2, 0.25) is 0 Å². The molecule has 1 aliphatic rings. The number of nitro groups is 1. The summed E-state index contributed by atoms with van der Waals surface area (Å²) in [4.78, 5) is 14.0. The van der Waals surface area contributed by atoms with Gasteiger partial charge >= 0.3 is 18.2 Å². The molecule has 0 saturated heterocycles. The number of ether oxygens (including phenoxy) is 3. The molecule has 11 heteroatoms. The molecule has 2 heterocycles. The quantitative estimate of drug-likeness (QED) is 0.611. The summed E-state index contributed by atoms with van der Waals surface area (Å²) in [6.07, 6.45) is -4.14. The van der Waals surface area contributed by atoms with Crippen molar-refractivity contribution in [2.75, 3.05) is 6.61 Å². The minimum absolute atomic E-state index is 0.0555. The zero-order valence-electron chi connectivity index (χ0n) is 11.9. The number of fused-ring (bicyclic) bond motifs is 1. The molecule has 0 fully saturated rings. The molecule has 24 heavy (non-hydrogen) atoms. The monoisotopic (exact) mass is 345 g/mol. The molecule has 1 atom stereocenters. The second kappa shape index (κ2) is 5.91. The van der Waals surface area contributed by atoms with Gasteiger partial charge in [-0.1, -0.05) is 0 Å². The highest BCUT2D eigenvalue weighted by molar-refractivity contribution is 5.31. The first-order chi connectivity index (χ1) is 11.3. The number of halogens is 3. The van der Waals surface area contributed by atoms with Crippen molar-refractivity contribution in [2.24, 2.45) is 0 Å². The number of nitrogens with zero attached hydrogens (tertiary/aromatic N) is 3. The van der Waals surface area contributed by atoms with Crippen molar-refractivity contribution < 1.29 is 32.3 Å². The molecule has 0 aliphatic carbocycles. The van der Waals surface area contributed by atoms with Crippen LogP contribution in [0.25, 0.3) is 0 Å². The van der Waals surface area contributed by atoms with Crippen LogP contribution in [0.5, 0.6) is 17.5 Å².